The summed E-state index contributed by atoms with van der Waals surface area (Å²) in [6.45, 7) is 5.78. The molecule has 9 heteroatoms. The number of hydrogen-bond donors (Lipinski definition) is 0. The third-order valence-electron chi connectivity index (χ3n) is 3.64. The lowest BCUT2D eigenvalue weighted by Crippen LogP contribution is -2.44. The van der Waals surface area contributed by atoms with Crippen LogP contribution in [-0.2, 0) is 10.1 Å². The van der Waals surface area contributed by atoms with Gasteiger partial charge in [0.1, 0.15) is 5.75 Å². The number of rotatable bonds is 5. The highest BCUT2D eigenvalue weighted by molar-refractivity contribution is 7.88. The third-order valence-corrected chi connectivity index (χ3v) is 9.65. The summed E-state index contributed by atoms with van der Waals surface area (Å²) in [5.41, 5.74) is -5.46. The van der Waals surface area contributed by atoms with Gasteiger partial charge in [-0.2, -0.15) is 21.6 Å². The van der Waals surface area contributed by atoms with Crippen molar-refractivity contribution in [3.8, 4) is 5.75 Å². The first-order valence-corrected chi connectivity index (χ1v) is 11.0. The molecule has 0 atom stereocenters. The molecular weight excluding hydrogens is 345 g/mol. The van der Waals surface area contributed by atoms with Gasteiger partial charge in [-0.05, 0) is 23.4 Å². The van der Waals surface area contributed by atoms with E-state index in [1.54, 1.807) is 0 Å². The maximum atomic E-state index is 12.5. The van der Waals surface area contributed by atoms with Crippen LogP contribution in [-0.4, -0.2) is 22.0 Å². The van der Waals surface area contributed by atoms with Crippen LogP contribution < -0.4 is 9.37 Å². The average Bonchev–Trinajstić information content (AvgIpc) is 2.38. The molecule has 0 aliphatic carbocycles. The molecule has 1 aromatic rings. The second kappa shape index (κ2) is 6.17. The van der Waals surface area contributed by atoms with Crippen LogP contribution in [0.4, 0.5) is 13.2 Å². The fourth-order valence-electron chi connectivity index (χ4n) is 1.84. The Balaban J connectivity index is 3.40. The fraction of sp³-hybridized carbons (Fsp3) is 0.500. The van der Waals surface area contributed by atoms with Crippen LogP contribution in [0.1, 0.15) is 13.8 Å². The van der Waals surface area contributed by atoms with Gasteiger partial charge in [0.2, 0.25) is 0 Å². The van der Waals surface area contributed by atoms with Gasteiger partial charge in [-0.25, -0.2) is 0 Å². The summed E-state index contributed by atoms with van der Waals surface area (Å²) < 4.78 is 64.1. The summed E-state index contributed by atoms with van der Waals surface area (Å²) >= 11 is 5.89. The van der Waals surface area contributed by atoms with Crippen LogP contribution in [0.2, 0.25) is 23.7 Å². The average molecular weight is 361 g/mol. The maximum Gasteiger partial charge on any atom is 0.534 e. The van der Waals surface area contributed by atoms with Crippen LogP contribution >= 0.6 is 11.6 Å². The number of alkyl halides is 3. The van der Waals surface area contributed by atoms with Crippen molar-refractivity contribution >= 4 is 35.0 Å². The van der Waals surface area contributed by atoms with Gasteiger partial charge in [0.25, 0.3) is 0 Å². The molecule has 21 heavy (non-hydrogen) atoms. The van der Waals surface area contributed by atoms with E-state index < -0.39 is 23.7 Å². The van der Waals surface area contributed by atoms with Crippen LogP contribution in [0.5, 0.6) is 5.75 Å². The van der Waals surface area contributed by atoms with Crippen molar-refractivity contribution in [1.29, 1.82) is 0 Å². The SMILES string of the molecule is CC[Si](C)(CC)c1cc(Cl)ccc1OS(=O)(=O)C(F)(F)F. The molecule has 120 valence electrons. The van der Waals surface area contributed by atoms with Crippen molar-refractivity contribution < 1.29 is 25.8 Å². The van der Waals surface area contributed by atoms with Crippen LogP contribution in [0, 0.1) is 0 Å². The lowest BCUT2D eigenvalue weighted by molar-refractivity contribution is -0.0499. The zero-order valence-corrected chi connectivity index (χ0v) is 14.4. The van der Waals surface area contributed by atoms with Gasteiger partial charge in [-0.3, -0.25) is 0 Å². The molecule has 0 N–H and O–H groups in total. The summed E-state index contributed by atoms with van der Waals surface area (Å²) in [5, 5.41) is 0.815. The van der Waals surface area contributed by atoms with Crippen molar-refractivity contribution in [2.75, 3.05) is 0 Å². The first-order chi connectivity index (χ1) is 9.47. The molecule has 0 heterocycles. The Bertz CT molecular complexity index is 613. The summed E-state index contributed by atoms with van der Waals surface area (Å²) in [7, 11) is -7.83. The van der Waals surface area contributed by atoms with Gasteiger partial charge in [0, 0.05) is 5.02 Å². The molecule has 0 amide bonds. The molecule has 0 saturated carbocycles. The number of hydrogen-bond acceptors (Lipinski definition) is 3. The fourth-order valence-corrected chi connectivity index (χ4v) is 5.15. The van der Waals surface area contributed by atoms with E-state index in [2.05, 4.69) is 4.18 Å². The van der Waals surface area contributed by atoms with E-state index in [1.807, 2.05) is 20.4 Å². The molecule has 0 unspecified atom stereocenters. The van der Waals surface area contributed by atoms with Crippen molar-refractivity contribution in [2.45, 2.75) is 38.0 Å². The van der Waals surface area contributed by atoms with Crippen LogP contribution in [0.15, 0.2) is 18.2 Å². The minimum atomic E-state index is -5.68. The Morgan fingerprint density at radius 2 is 1.76 bits per heavy atom. The normalized spacial score (nSPS) is 13.3. The summed E-state index contributed by atoms with van der Waals surface area (Å²) in [6, 6.07) is 5.45. The Morgan fingerprint density at radius 1 is 1.24 bits per heavy atom. The highest BCUT2D eigenvalue weighted by atomic mass is 35.5. The Kier molecular flexibility index (Phi) is 5.39. The van der Waals surface area contributed by atoms with Crippen LogP contribution in [0.3, 0.4) is 0 Å². The first-order valence-electron chi connectivity index (χ1n) is 6.27. The smallest absolute Gasteiger partial charge is 0.376 e. The molecule has 3 nitrogen and oxygen atoms in total. The topological polar surface area (TPSA) is 43.4 Å². The minimum absolute atomic E-state index is 0.283. The predicted octanol–water partition coefficient (Wildman–Crippen LogP) is 3.89. The predicted molar refractivity (Wildman–Crippen MR) is 79.3 cm³/mol. The molecule has 0 aliphatic rings. The zero-order chi connectivity index (χ0) is 16.5. The second-order valence-electron chi connectivity index (χ2n) is 4.89. The Labute approximate surface area is 128 Å². The number of benzene rings is 1. The number of halogens is 4. The lowest BCUT2D eigenvalue weighted by Gasteiger charge is -2.27. The highest BCUT2D eigenvalue weighted by Gasteiger charge is 2.49. The van der Waals surface area contributed by atoms with E-state index in [9.17, 15) is 21.6 Å². The van der Waals surface area contributed by atoms with Crippen molar-refractivity contribution in [2.24, 2.45) is 0 Å². The highest BCUT2D eigenvalue weighted by Crippen LogP contribution is 2.29. The molecule has 1 aromatic carbocycles. The van der Waals surface area contributed by atoms with Gasteiger partial charge in [0.15, 0.2) is 0 Å². The monoisotopic (exact) mass is 360 g/mol. The molecule has 0 fully saturated rings. The quantitative estimate of drug-likeness (QED) is 0.454. The molecule has 0 aliphatic heterocycles. The van der Waals surface area contributed by atoms with Gasteiger partial charge in [0.05, 0.1) is 8.07 Å². The summed E-state index contributed by atoms with van der Waals surface area (Å²) in [6.07, 6.45) is 0. The zero-order valence-electron chi connectivity index (χ0n) is 11.8. The van der Waals surface area contributed by atoms with E-state index in [0.717, 1.165) is 12.1 Å². The standard InChI is InChI=1S/C12H16ClF3O3SSi/c1-4-21(3,5-2)11-8-9(13)6-7-10(11)19-20(17,18)12(14,15)16/h6-8H,4-5H2,1-3H3. The van der Waals surface area contributed by atoms with E-state index in [-0.39, 0.29) is 5.75 Å². The molecule has 1 rings (SSSR count). The summed E-state index contributed by atoms with van der Waals surface area (Å²) in [4.78, 5) is 0. The molecule has 0 bridgehead atoms. The maximum absolute atomic E-state index is 12.5. The largest absolute Gasteiger partial charge is 0.534 e. The van der Waals surface area contributed by atoms with Gasteiger partial charge in [-0.1, -0.05) is 44.1 Å². The van der Waals surface area contributed by atoms with Gasteiger partial charge >= 0.3 is 15.6 Å². The van der Waals surface area contributed by atoms with Gasteiger partial charge in [-0.15, -0.1) is 0 Å². The van der Waals surface area contributed by atoms with Gasteiger partial charge < -0.3 is 4.18 Å². The van der Waals surface area contributed by atoms with Crippen molar-refractivity contribution in [3.05, 3.63) is 23.2 Å². The molecule has 0 aromatic heterocycles. The second-order valence-corrected chi connectivity index (χ2v) is 11.9. The van der Waals surface area contributed by atoms with E-state index in [1.165, 1.54) is 18.2 Å². The molecule has 0 spiro atoms. The van der Waals surface area contributed by atoms with E-state index in [4.69, 9.17) is 11.6 Å². The van der Waals surface area contributed by atoms with Crippen molar-refractivity contribution in [3.63, 3.8) is 0 Å². The molecule has 0 saturated heterocycles. The lowest BCUT2D eigenvalue weighted by atomic mass is 10.3. The Morgan fingerprint density at radius 3 is 2.19 bits per heavy atom. The molecule has 0 radical (unpaired) electrons. The minimum Gasteiger partial charge on any atom is -0.376 e. The Hall–Kier alpha value is -0.733. The van der Waals surface area contributed by atoms with Crippen molar-refractivity contribution in [1.82, 2.24) is 0 Å². The van der Waals surface area contributed by atoms with Crippen LogP contribution in [0.25, 0.3) is 0 Å². The first kappa shape index (κ1) is 18.3. The van der Waals surface area contributed by atoms with E-state index in [0.29, 0.717) is 10.2 Å². The third kappa shape index (κ3) is 3.92. The summed E-state index contributed by atoms with van der Waals surface area (Å²) in [5.74, 6) is -0.283. The van der Waals surface area contributed by atoms with E-state index >= 15 is 0 Å². The molecular formula is C12H16ClF3O3SSi.